The third-order valence-corrected chi connectivity index (χ3v) is 9.31. The first-order valence-electron chi connectivity index (χ1n) is 13.4. The number of nitrogens with one attached hydrogen (secondary N) is 1. The molecule has 6 nitrogen and oxygen atoms in total. The second-order valence-electron chi connectivity index (χ2n) is 11.7. The van der Waals surface area contributed by atoms with E-state index < -0.39 is 0 Å². The summed E-state index contributed by atoms with van der Waals surface area (Å²) >= 11 is 1.69. The number of thioether (sulfide) groups is 1. The molecule has 4 aliphatic rings. The lowest BCUT2D eigenvalue weighted by atomic mass is 9.71. The summed E-state index contributed by atoms with van der Waals surface area (Å²) in [6.07, 6.45) is 5.79. The van der Waals surface area contributed by atoms with Crippen LogP contribution < -0.4 is 5.32 Å². The summed E-state index contributed by atoms with van der Waals surface area (Å²) in [6, 6.07) is 10.7. The molecule has 1 aromatic carbocycles. The average molecular weight is 507 g/mol. The Kier molecular flexibility index (Phi) is 7.49. The summed E-state index contributed by atoms with van der Waals surface area (Å²) in [5.41, 5.74) is 2.85. The van der Waals surface area contributed by atoms with Crippen molar-refractivity contribution >= 4 is 34.5 Å². The highest BCUT2D eigenvalue weighted by Gasteiger charge is 2.43. The highest BCUT2D eigenvalue weighted by Crippen LogP contribution is 2.52. The number of likely N-dealkylation sites (tertiary alicyclic amines) is 1. The van der Waals surface area contributed by atoms with Gasteiger partial charge in [0.1, 0.15) is 11.8 Å². The van der Waals surface area contributed by atoms with Gasteiger partial charge in [0.25, 0.3) is 5.91 Å². The van der Waals surface area contributed by atoms with Crippen LogP contribution in [0.2, 0.25) is 0 Å². The van der Waals surface area contributed by atoms with Gasteiger partial charge in [-0.05, 0) is 59.5 Å². The van der Waals surface area contributed by atoms with E-state index in [1.54, 1.807) is 11.8 Å². The number of hydrogen-bond donors (Lipinski definition) is 1. The van der Waals surface area contributed by atoms with Gasteiger partial charge in [0, 0.05) is 38.5 Å². The molecule has 3 aliphatic heterocycles. The number of hydrogen-bond acceptors (Lipinski definition) is 5. The molecule has 1 aromatic rings. The molecule has 1 aliphatic carbocycles. The monoisotopic (exact) mass is 506 g/mol. The number of amidine groups is 1. The number of allylic oxidation sites excluding steroid dienone is 1. The molecule has 0 bridgehead atoms. The number of piperidine rings is 1. The van der Waals surface area contributed by atoms with Crippen molar-refractivity contribution in [1.82, 2.24) is 10.2 Å². The third kappa shape index (κ3) is 5.83. The molecule has 0 radical (unpaired) electrons. The van der Waals surface area contributed by atoms with E-state index in [2.05, 4.69) is 60.2 Å². The van der Waals surface area contributed by atoms with Crippen LogP contribution in [0.5, 0.6) is 0 Å². The minimum atomic E-state index is -0.260. The number of carbonyl (C=O) groups is 2. The Hall–Kier alpha value is -2.25. The molecular weight excluding hydrogens is 468 g/mol. The number of rotatable bonds is 6. The maximum atomic E-state index is 12.9. The molecular formula is C29H38N4O2S. The zero-order valence-electron chi connectivity index (χ0n) is 21.8. The van der Waals surface area contributed by atoms with Crippen LogP contribution >= 0.6 is 11.8 Å². The number of nitrogens with zero attached hydrogens (tertiary/aromatic N) is 3. The third-order valence-electron chi connectivity index (χ3n) is 8.10. The van der Waals surface area contributed by atoms with Crippen molar-refractivity contribution in [2.24, 2.45) is 27.2 Å². The van der Waals surface area contributed by atoms with E-state index in [4.69, 9.17) is 4.99 Å². The van der Waals surface area contributed by atoms with E-state index in [-0.39, 0.29) is 29.2 Å². The normalized spacial score (nSPS) is 25.2. The summed E-state index contributed by atoms with van der Waals surface area (Å²) in [7, 11) is 0. The predicted molar refractivity (Wildman–Crippen MR) is 147 cm³/mol. The van der Waals surface area contributed by atoms with Crippen LogP contribution in [0.1, 0.15) is 71.3 Å². The maximum Gasteiger partial charge on any atom is 0.261 e. The number of amides is 2. The molecule has 1 N–H and O–H groups in total. The van der Waals surface area contributed by atoms with Crippen LogP contribution in [0, 0.1) is 17.3 Å². The zero-order valence-corrected chi connectivity index (χ0v) is 22.6. The molecule has 0 saturated carbocycles. The van der Waals surface area contributed by atoms with Gasteiger partial charge in [-0.25, -0.2) is 4.99 Å². The first-order chi connectivity index (χ1) is 17.3. The molecule has 1 saturated heterocycles. The SMILES string of the molecule is CC(C)(C)C1CCC2=C(C1)SC1=NC(CCC(=O)NC3CCN(Cc4ccccc4)CC3)=NC(=O)C12. The van der Waals surface area contributed by atoms with Gasteiger partial charge >= 0.3 is 0 Å². The summed E-state index contributed by atoms with van der Waals surface area (Å²) in [5, 5.41) is 4.08. The van der Waals surface area contributed by atoms with Crippen molar-refractivity contribution in [3.05, 3.63) is 46.4 Å². The highest BCUT2D eigenvalue weighted by atomic mass is 32.2. The second-order valence-corrected chi connectivity index (χ2v) is 12.8. The molecule has 2 atom stereocenters. The van der Waals surface area contributed by atoms with E-state index in [1.807, 2.05) is 6.07 Å². The summed E-state index contributed by atoms with van der Waals surface area (Å²) in [5.74, 6) is 0.823. The van der Waals surface area contributed by atoms with Crippen LogP contribution in [-0.2, 0) is 16.1 Å². The number of benzene rings is 1. The Morgan fingerprint density at radius 2 is 1.86 bits per heavy atom. The van der Waals surface area contributed by atoms with Gasteiger partial charge in [-0.1, -0.05) is 62.9 Å². The second kappa shape index (κ2) is 10.6. The van der Waals surface area contributed by atoms with Gasteiger partial charge in [-0.15, -0.1) is 0 Å². The molecule has 2 unspecified atom stereocenters. The van der Waals surface area contributed by atoms with E-state index in [0.29, 0.717) is 24.6 Å². The Bertz CT molecular complexity index is 1090. The Labute approximate surface area is 219 Å². The zero-order chi connectivity index (χ0) is 25.3. The van der Waals surface area contributed by atoms with Crippen LogP contribution in [-0.4, -0.2) is 46.7 Å². The van der Waals surface area contributed by atoms with Gasteiger partial charge in [0.15, 0.2) is 0 Å². The summed E-state index contributed by atoms with van der Waals surface area (Å²) < 4.78 is 0. The molecule has 0 spiro atoms. The molecule has 5 rings (SSSR count). The summed E-state index contributed by atoms with van der Waals surface area (Å²) in [4.78, 5) is 38.4. The van der Waals surface area contributed by atoms with Crippen molar-refractivity contribution in [1.29, 1.82) is 0 Å². The first kappa shape index (κ1) is 25.4. The minimum Gasteiger partial charge on any atom is -0.353 e. The van der Waals surface area contributed by atoms with Crippen LogP contribution in [0.15, 0.2) is 50.8 Å². The molecule has 7 heteroatoms. The number of fused-ring (bicyclic) bond motifs is 2. The van der Waals surface area contributed by atoms with E-state index in [0.717, 1.165) is 56.8 Å². The Morgan fingerprint density at radius 3 is 2.58 bits per heavy atom. The molecule has 192 valence electrons. The van der Waals surface area contributed by atoms with Crippen LogP contribution in [0.25, 0.3) is 0 Å². The molecule has 3 heterocycles. The standard InChI is InChI=1S/C29H38N4O2S/c1-29(2,3)20-9-10-22-23(17-20)36-28-26(22)27(35)31-24(32-28)11-12-25(34)30-21-13-15-33(16-14-21)18-19-7-5-4-6-8-19/h4-8,20-21,26H,9-18H2,1-3H3,(H,30,34). The first-order valence-corrected chi connectivity index (χ1v) is 14.2. The maximum absolute atomic E-state index is 12.9. The lowest BCUT2D eigenvalue weighted by Gasteiger charge is -2.34. The lowest BCUT2D eigenvalue weighted by molar-refractivity contribution is -0.122. The van der Waals surface area contributed by atoms with Crippen LogP contribution in [0.3, 0.4) is 0 Å². The number of carbonyl (C=O) groups excluding carboxylic acids is 2. The van der Waals surface area contributed by atoms with Crippen molar-refractivity contribution < 1.29 is 9.59 Å². The van der Waals surface area contributed by atoms with Crippen molar-refractivity contribution in [3.8, 4) is 0 Å². The Morgan fingerprint density at radius 1 is 1.11 bits per heavy atom. The van der Waals surface area contributed by atoms with Gasteiger partial charge in [0.05, 0.1) is 5.04 Å². The molecule has 1 fully saturated rings. The average Bonchev–Trinajstić information content (AvgIpc) is 3.22. The summed E-state index contributed by atoms with van der Waals surface area (Å²) in [6.45, 7) is 9.85. The van der Waals surface area contributed by atoms with Crippen molar-refractivity contribution in [3.63, 3.8) is 0 Å². The lowest BCUT2D eigenvalue weighted by Crippen LogP contribution is -2.44. The molecule has 36 heavy (non-hydrogen) atoms. The van der Waals surface area contributed by atoms with Gasteiger partial charge < -0.3 is 5.32 Å². The number of aliphatic imine (C=N–C) groups is 2. The van der Waals surface area contributed by atoms with Crippen molar-refractivity contribution in [2.75, 3.05) is 13.1 Å². The molecule has 0 aromatic heterocycles. The fourth-order valence-corrected chi connectivity index (χ4v) is 7.21. The van der Waals surface area contributed by atoms with Gasteiger partial charge in [-0.3, -0.25) is 14.5 Å². The fraction of sp³-hybridized carbons (Fsp3) is 0.586. The predicted octanol–water partition coefficient (Wildman–Crippen LogP) is 5.35. The Balaban J connectivity index is 1.08. The van der Waals surface area contributed by atoms with Gasteiger partial charge in [-0.2, -0.15) is 4.99 Å². The van der Waals surface area contributed by atoms with Crippen LogP contribution in [0.4, 0.5) is 0 Å². The quantitative estimate of drug-likeness (QED) is 0.565. The topological polar surface area (TPSA) is 74.1 Å². The van der Waals surface area contributed by atoms with E-state index >= 15 is 0 Å². The van der Waals surface area contributed by atoms with Gasteiger partial charge in [0.2, 0.25) is 5.91 Å². The minimum absolute atomic E-state index is 0.0264. The fourth-order valence-electron chi connectivity index (χ4n) is 5.81. The van der Waals surface area contributed by atoms with Crippen molar-refractivity contribution in [2.45, 2.75) is 78.3 Å². The van der Waals surface area contributed by atoms with E-state index in [9.17, 15) is 9.59 Å². The smallest absolute Gasteiger partial charge is 0.261 e. The molecule has 2 amide bonds. The highest BCUT2D eigenvalue weighted by molar-refractivity contribution is 8.17. The largest absolute Gasteiger partial charge is 0.353 e. The van der Waals surface area contributed by atoms with E-state index in [1.165, 1.54) is 16.0 Å².